The molecule has 0 N–H and O–H groups in total. The van der Waals surface area contributed by atoms with E-state index in [1.54, 1.807) is 18.9 Å². The van der Waals surface area contributed by atoms with Gasteiger partial charge in [-0.25, -0.2) is 0 Å². The van der Waals surface area contributed by atoms with E-state index in [9.17, 15) is 4.79 Å². The number of carbonyl (C=O) groups excluding carboxylic acids is 1. The molecule has 0 saturated carbocycles. The van der Waals surface area contributed by atoms with E-state index < -0.39 is 0 Å². The fourth-order valence-corrected chi connectivity index (χ4v) is 4.88. The van der Waals surface area contributed by atoms with Gasteiger partial charge in [-0.1, -0.05) is 22.9 Å². The van der Waals surface area contributed by atoms with Crippen molar-refractivity contribution in [3.05, 3.63) is 52.3 Å². The molecule has 0 saturated heterocycles. The number of amides is 1. The third-order valence-corrected chi connectivity index (χ3v) is 6.67. The first-order valence-electron chi connectivity index (χ1n) is 8.23. The molecule has 1 amide bonds. The minimum atomic E-state index is -0.147. The molecule has 4 nitrogen and oxygen atoms in total. The third-order valence-electron chi connectivity index (χ3n) is 3.81. The van der Waals surface area contributed by atoms with E-state index >= 15 is 0 Å². The molecule has 0 radical (unpaired) electrons. The number of thiazole rings is 1. The van der Waals surface area contributed by atoms with Crippen LogP contribution >= 0.6 is 46.5 Å². The number of methoxy groups -OCH3 is 1. The number of thioether (sulfide) groups is 2. The van der Waals surface area contributed by atoms with Gasteiger partial charge in [0.25, 0.3) is 5.91 Å². The van der Waals surface area contributed by atoms with Crippen molar-refractivity contribution in [3.8, 4) is 5.75 Å². The summed E-state index contributed by atoms with van der Waals surface area (Å²) in [6.45, 7) is 0.806. The maximum Gasteiger partial charge on any atom is 0.258 e. The second-order valence-electron chi connectivity index (χ2n) is 5.61. The number of carbonyl (C=O) groups is 1. The van der Waals surface area contributed by atoms with Gasteiger partial charge in [-0.05, 0) is 48.7 Å². The maximum absolute atomic E-state index is 12.4. The molecule has 0 atom stereocenters. The van der Waals surface area contributed by atoms with Crippen molar-refractivity contribution in [1.29, 1.82) is 0 Å². The predicted octanol–water partition coefficient (Wildman–Crippen LogP) is 4.95. The molecular formula is C19H19ClN2O2S3. The van der Waals surface area contributed by atoms with E-state index in [1.807, 2.05) is 42.5 Å². The summed E-state index contributed by atoms with van der Waals surface area (Å²) in [7, 11) is 1.63. The topological polar surface area (TPSA) is 43.6 Å². The van der Waals surface area contributed by atoms with Crippen LogP contribution in [0.25, 0.3) is 10.2 Å². The highest BCUT2D eigenvalue weighted by atomic mass is 35.5. The summed E-state index contributed by atoms with van der Waals surface area (Å²) in [6.07, 6.45) is 2.07. The lowest BCUT2D eigenvalue weighted by Gasteiger charge is -2.04. The lowest BCUT2D eigenvalue weighted by Crippen LogP contribution is -2.18. The second kappa shape index (κ2) is 9.68. The summed E-state index contributed by atoms with van der Waals surface area (Å²) in [5, 5.41) is 0.689. The zero-order valence-corrected chi connectivity index (χ0v) is 18.2. The molecule has 0 bridgehead atoms. The number of hydrogen-bond acceptors (Lipinski definition) is 5. The van der Waals surface area contributed by atoms with Gasteiger partial charge in [0, 0.05) is 22.2 Å². The van der Waals surface area contributed by atoms with Crippen LogP contribution in [0.4, 0.5) is 0 Å². The molecule has 0 fully saturated rings. The molecule has 8 heteroatoms. The summed E-state index contributed by atoms with van der Waals surface area (Å²) < 4.78 is 8.29. The van der Waals surface area contributed by atoms with Crippen molar-refractivity contribution in [2.24, 2.45) is 4.99 Å². The van der Waals surface area contributed by atoms with Crippen LogP contribution in [-0.4, -0.2) is 35.3 Å². The van der Waals surface area contributed by atoms with Gasteiger partial charge in [0.15, 0.2) is 4.80 Å². The molecule has 142 valence electrons. The number of aromatic nitrogens is 1. The fourth-order valence-electron chi connectivity index (χ4n) is 2.49. The van der Waals surface area contributed by atoms with E-state index in [-0.39, 0.29) is 5.91 Å². The van der Waals surface area contributed by atoms with E-state index in [1.165, 1.54) is 23.1 Å². The standard InChI is InChI=1S/C19H19ClN2O2S3/c1-24-14-4-6-15(7-5-14)26-12-18(23)21-19-22(9-10-25-2)16-8-3-13(20)11-17(16)27-19/h3-8,11H,9-10,12H2,1-2H3. The lowest BCUT2D eigenvalue weighted by molar-refractivity contribution is -0.115. The number of benzene rings is 2. The summed E-state index contributed by atoms with van der Waals surface area (Å²) in [5.74, 6) is 1.90. The Morgan fingerprint density at radius 2 is 2.04 bits per heavy atom. The highest BCUT2D eigenvalue weighted by molar-refractivity contribution is 8.00. The Kier molecular flexibility index (Phi) is 7.29. The molecule has 27 heavy (non-hydrogen) atoms. The first-order chi connectivity index (χ1) is 13.1. The number of rotatable bonds is 7. The molecule has 0 aliphatic heterocycles. The molecule has 0 unspecified atom stereocenters. The van der Waals surface area contributed by atoms with Crippen LogP contribution < -0.4 is 9.54 Å². The Morgan fingerprint density at radius 3 is 2.74 bits per heavy atom. The van der Waals surface area contributed by atoms with Crippen molar-refractivity contribution in [1.82, 2.24) is 4.57 Å². The highest BCUT2D eigenvalue weighted by Gasteiger charge is 2.09. The quantitative estimate of drug-likeness (QED) is 0.489. The van der Waals surface area contributed by atoms with E-state index in [0.29, 0.717) is 10.8 Å². The molecule has 1 aromatic heterocycles. The molecule has 0 aliphatic carbocycles. The number of ether oxygens (including phenoxy) is 1. The first-order valence-corrected chi connectivity index (χ1v) is 11.8. The average Bonchev–Trinajstić information content (AvgIpc) is 3.00. The first kappa shape index (κ1) is 20.3. The van der Waals surface area contributed by atoms with Crippen LogP contribution in [0, 0.1) is 0 Å². The third kappa shape index (κ3) is 5.31. The normalized spacial score (nSPS) is 11.9. The molecular weight excluding hydrogens is 420 g/mol. The van der Waals surface area contributed by atoms with Crippen molar-refractivity contribution in [2.45, 2.75) is 11.4 Å². The number of halogens is 1. The van der Waals surface area contributed by atoms with Crippen molar-refractivity contribution >= 4 is 62.6 Å². The van der Waals surface area contributed by atoms with Gasteiger partial charge in [-0.3, -0.25) is 4.79 Å². The Hall–Kier alpha value is -1.41. The van der Waals surface area contributed by atoms with Gasteiger partial charge in [-0.2, -0.15) is 16.8 Å². The van der Waals surface area contributed by atoms with Gasteiger partial charge in [0.05, 0.1) is 23.1 Å². The van der Waals surface area contributed by atoms with Gasteiger partial charge in [0.2, 0.25) is 0 Å². The molecule has 1 heterocycles. The van der Waals surface area contributed by atoms with E-state index in [0.717, 1.165) is 38.0 Å². The van der Waals surface area contributed by atoms with Crippen LogP contribution in [0.3, 0.4) is 0 Å². The van der Waals surface area contributed by atoms with Crippen molar-refractivity contribution < 1.29 is 9.53 Å². The highest BCUT2D eigenvalue weighted by Crippen LogP contribution is 2.23. The van der Waals surface area contributed by atoms with Crippen LogP contribution in [0.1, 0.15) is 0 Å². The van der Waals surface area contributed by atoms with E-state index in [2.05, 4.69) is 15.8 Å². The van der Waals surface area contributed by atoms with Crippen molar-refractivity contribution in [3.63, 3.8) is 0 Å². The zero-order valence-electron chi connectivity index (χ0n) is 15.0. The minimum absolute atomic E-state index is 0.147. The van der Waals surface area contributed by atoms with Gasteiger partial charge >= 0.3 is 0 Å². The monoisotopic (exact) mass is 438 g/mol. The summed E-state index contributed by atoms with van der Waals surface area (Å²) in [5.41, 5.74) is 1.06. The number of hydrogen-bond donors (Lipinski definition) is 0. The van der Waals surface area contributed by atoms with Crippen LogP contribution in [0.15, 0.2) is 52.4 Å². The Bertz CT molecular complexity index is 996. The summed E-state index contributed by atoms with van der Waals surface area (Å²) in [4.78, 5) is 18.5. The lowest BCUT2D eigenvalue weighted by atomic mass is 10.3. The van der Waals surface area contributed by atoms with Gasteiger partial charge < -0.3 is 9.30 Å². The molecule has 3 rings (SSSR count). The van der Waals surface area contributed by atoms with Crippen LogP contribution in [-0.2, 0) is 11.3 Å². The number of nitrogens with zero attached hydrogens (tertiary/aromatic N) is 2. The Balaban J connectivity index is 1.81. The smallest absolute Gasteiger partial charge is 0.258 e. The molecule has 0 spiro atoms. The van der Waals surface area contributed by atoms with Crippen molar-refractivity contribution in [2.75, 3.05) is 24.9 Å². The van der Waals surface area contributed by atoms with Gasteiger partial charge in [-0.15, -0.1) is 11.8 Å². The summed E-state index contributed by atoms with van der Waals surface area (Å²) >= 11 is 10.9. The zero-order chi connectivity index (χ0) is 19.2. The molecule has 3 aromatic rings. The van der Waals surface area contributed by atoms with Gasteiger partial charge in [0.1, 0.15) is 5.75 Å². The largest absolute Gasteiger partial charge is 0.497 e. The Morgan fingerprint density at radius 1 is 1.26 bits per heavy atom. The minimum Gasteiger partial charge on any atom is -0.497 e. The number of fused-ring (bicyclic) bond motifs is 1. The van der Waals surface area contributed by atoms with Crippen LogP contribution in [0.5, 0.6) is 5.75 Å². The van der Waals surface area contributed by atoms with Crippen LogP contribution in [0.2, 0.25) is 5.02 Å². The maximum atomic E-state index is 12.4. The van der Waals surface area contributed by atoms with E-state index in [4.69, 9.17) is 16.3 Å². The average molecular weight is 439 g/mol. The summed E-state index contributed by atoms with van der Waals surface area (Å²) in [6, 6.07) is 13.4. The Labute approximate surface area is 175 Å². The molecule has 0 aliphatic rings. The SMILES string of the molecule is COc1ccc(SCC(=O)N=c2sc3cc(Cl)ccc3n2CCSC)cc1. The second-order valence-corrected chi connectivity index (χ2v) is 9.09. The number of aryl methyl sites for hydroxylation is 1. The molecule has 2 aromatic carbocycles. The fraction of sp³-hybridized carbons (Fsp3) is 0.263. The predicted molar refractivity (Wildman–Crippen MR) is 117 cm³/mol.